The zero-order valence-electron chi connectivity index (χ0n) is 15.1. The summed E-state index contributed by atoms with van der Waals surface area (Å²) in [5.41, 5.74) is -2.90. The highest BCUT2D eigenvalue weighted by Gasteiger charge is 2.35. The number of rotatable bonds is 5. The summed E-state index contributed by atoms with van der Waals surface area (Å²) in [5, 5.41) is 5.90. The van der Waals surface area contributed by atoms with Crippen molar-refractivity contribution in [2.24, 2.45) is 0 Å². The summed E-state index contributed by atoms with van der Waals surface area (Å²) in [6.07, 6.45) is -3.67. The van der Waals surface area contributed by atoms with Gasteiger partial charge in [-0.25, -0.2) is 18.3 Å². The highest BCUT2D eigenvalue weighted by atomic mass is 19.4. The number of halogens is 5. The van der Waals surface area contributed by atoms with E-state index in [4.69, 9.17) is 0 Å². The largest absolute Gasteiger partial charge is 0.417 e. The molecule has 2 aromatic carbocycles. The molecule has 1 N–H and O–H groups in total. The molecule has 0 radical (unpaired) electrons. The van der Waals surface area contributed by atoms with Crippen molar-refractivity contribution in [2.75, 3.05) is 12.4 Å². The highest BCUT2D eigenvalue weighted by Crippen LogP contribution is 2.32. The number of benzene rings is 2. The monoisotopic (exact) mass is 427 g/mol. The van der Waals surface area contributed by atoms with E-state index in [2.05, 4.69) is 15.3 Å². The van der Waals surface area contributed by atoms with Gasteiger partial charge in [0.15, 0.2) is 24.6 Å². The van der Waals surface area contributed by atoms with Crippen molar-refractivity contribution in [3.63, 3.8) is 0 Å². The number of hydrogen-bond donors (Lipinski definition) is 1. The second-order valence-electron chi connectivity index (χ2n) is 5.84. The van der Waals surface area contributed by atoms with Gasteiger partial charge in [0.25, 0.3) is 10.8 Å². The molecule has 30 heavy (non-hydrogen) atoms. The zero-order chi connectivity index (χ0) is 22.1. The SMILES string of the molecule is CO[N+](=O)c1cc(F)c(-n2ccc(NC(=O)c3ccccc3C(F)(F)F)n2)c(F)c1. The number of nitrogens with one attached hydrogen (secondary N) is 1. The van der Waals surface area contributed by atoms with Crippen molar-refractivity contribution in [3.05, 3.63) is 76.3 Å². The molecule has 7 nitrogen and oxygen atoms in total. The fraction of sp³-hybridized carbons (Fsp3) is 0.111. The second kappa shape index (κ2) is 7.89. The molecule has 0 fully saturated rings. The van der Waals surface area contributed by atoms with Gasteiger partial charge in [-0.3, -0.25) is 4.79 Å². The Hall–Kier alpha value is -3.83. The number of hydrogen-bond acceptors (Lipinski definition) is 4. The summed E-state index contributed by atoms with van der Waals surface area (Å²) >= 11 is 0. The molecule has 0 atom stereocenters. The normalized spacial score (nSPS) is 11.3. The quantitative estimate of drug-likeness (QED) is 0.484. The summed E-state index contributed by atoms with van der Waals surface area (Å²) in [6.45, 7) is 0. The van der Waals surface area contributed by atoms with E-state index < -0.39 is 46.2 Å². The van der Waals surface area contributed by atoms with Gasteiger partial charge >= 0.3 is 11.9 Å². The Labute approximate surface area is 165 Å². The summed E-state index contributed by atoms with van der Waals surface area (Å²) in [6, 6.07) is 6.67. The van der Waals surface area contributed by atoms with E-state index in [-0.39, 0.29) is 10.7 Å². The fourth-order valence-electron chi connectivity index (χ4n) is 2.61. The van der Waals surface area contributed by atoms with Gasteiger partial charge in [-0.05, 0) is 12.1 Å². The predicted octanol–water partition coefficient (Wildman–Crippen LogP) is 4.39. The van der Waals surface area contributed by atoms with Crippen LogP contribution in [0.5, 0.6) is 0 Å². The van der Waals surface area contributed by atoms with Gasteiger partial charge in [-0.15, -0.1) is 5.10 Å². The van der Waals surface area contributed by atoms with Crippen molar-refractivity contribution >= 4 is 17.4 Å². The van der Waals surface area contributed by atoms with E-state index in [0.29, 0.717) is 12.1 Å². The molecule has 0 aliphatic rings. The summed E-state index contributed by atoms with van der Waals surface area (Å²) in [5.74, 6) is -3.67. The number of carbonyl (C=O) groups excluding carboxylic acids is 1. The molecule has 0 saturated heterocycles. The minimum absolute atomic E-state index is 0.108. The van der Waals surface area contributed by atoms with Crippen molar-refractivity contribution in [1.82, 2.24) is 9.78 Å². The first-order valence-corrected chi connectivity index (χ1v) is 8.16. The third kappa shape index (κ3) is 4.11. The maximum absolute atomic E-state index is 14.3. The van der Waals surface area contributed by atoms with Gasteiger partial charge in [-0.2, -0.15) is 13.2 Å². The Kier molecular flexibility index (Phi) is 5.49. The lowest BCUT2D eigenvalue weighted by molar-refractivity contribution is -0.736. The van der Waals surface area contributed by atoms with Crippen molar-refractivity contribution in [3.8, 4) is 5.69 Å². The van der Waals surface area contributed by atoms with Crippen LogP contribution in [0.25, 0.3) is 5.69 Å². The van der Waals surface area contributed by atoms with Crippen molar-refractivity contribution < 1.29 is 36.5 Å². The molecule has 1 aromatic heterocycles. The average Bonchev–Trinajstić information content (AvgIpc) is 3.13. The highest BCUT2D eigenvalue weighted by molar-refractivity contribution is 6.04. The summed E-state index contributed by atoms with van der Waals surface area (Å²) < 4.78 is 68.5. The van der Waals surface area contributed by atoms with Gasteiger partial charge in [0.1, 0.15) is 5.69 Å². The lowest BCUT2D eigenvalue weighted by atomic mass is 10.1. The van der Waals surface area contributed by atoms with Gasteiger partial charge in [-0.1, -0.05) is 12.1 Å². The van der Waals surface area contributed by atoms with E-state index in [1.807, 2.05) is 0 Å². The second-order valence-corrected chi connectivity index (χ2v) is 5.84. The lowest BCUT2D eigenvalue weighted by Crippen LogP contribution is -2.19. The standard InChI is InChI=1S/C18H11F5N4O3/c1-30-27(29)10-8-13(19)16(14(20)9-10)26-7-6-15(25-26)24-17(28)11-4-2-3-5-12(11)18(21,22)23/h2-9H,1H3/p+1. The molecule has 12 heteroatoms. The van der Waals surface area contributed by atoms with Crippen LogP contribution in [0.4, 0.5) is 33.5 Å². The topological polar surface area (TPSA) is 76.2 Å². The number of nitrogens with zero attached hydrogens (tertiary/aromatic N) is 3. The average molecular weight is 427 g/mol. The van der Waals surface area contributed by atoms with Crippen LogP contribution in [0.15, 0.2) is 48.7 Å². The van der Waals surface area contributed by atoms with E-state index in [0.717, 1.165) is 42.3 Å². The first kappa shape index (κ1) is 20.9. The van der Waals surface area contributed by atoms with E-state index in [1.165, 1.54) is 6.07 Å². The molecule has 0 bridgehead atoms. The Morgan fingerprint density at radius 2 is 1.77 bits per heavy atom. The zero-order valence-corrected chi connectivity index (χ0v) is 15.1. The molecule has 1 amide bonds. The minimum Gasteiger partial charge on any atom is -0.305 e. The third-order valence-electron chi connectivity index (χ3n) is 3.92. The van der Waals surface area contributed by atoms with Crippen LogP contribution in [-0.4, -0.2) is 27.7 Å². The number of aromatic nitrogens is 2. The predicted molar refractivity (Wildman–Crippen MR) is 93.2 cm³/mol. The molecule has 0 aliphatic heterocycles. The Balaban J connectivity index is 1.88. The molecular formula is C18H12F5N4O3+. The number of amides is 1. The van der Waals surface area contributed by atoms with Gasteiger partial charge < -0.3 is 5.32 Å². The van der Waals surface area contributed by atoms with Crippen LogP contribution in [0, 0.1) is 16.5 Å². The van der Waals surface area contributed by atoms with E-state index >= 15 is 0 Å². The van der Waals surface area contributed by atoms with Crippen molar-refractivity contribution in [2.45, 2.75) is 6.18 Å². The van der Waals surface area contributed by atoms with E-state index in [9.17, 15) is 31.7 Å². The molecule has 0 saturated carbocycles. The fourth-order valence-corrected chi connectivity index (χ4v) is 2.61. The summed E-state index contributed by atoms with van der Waals surface area (Å²) in [4.78, 5) is 27.8. The van der Waals surface area contributed by atoms with E-state index in [1.54, 1.807) is 0 Å². The first-order chi connectivity index (χ1) is 14.1. The van der Waals surface area contributed by atoms with Crippen LogP contribution in [0.2, 0.25) is 0 Å². The smallest absolute Gasteiger partial charge is 0.305 e. The number of alkyl halides is 3. The molecule has 0 unspecified atom stereocenters. The van der Waals surface area contributed by atoms with Crippen LogP contribution in [-0.2, 0) is 11.0 Å². The molecule has 1 heterocycles. The lowest BCUT2D eigenvalue weighted by Gasteiger charge is -2.11. The molecule has 3 rings (SSSR count). The molecule has 156 valence electrons. The van der Waals surface area contributed by atoms with Crippen LogP contribution in [0.3, 0.4) is 0 Å². The molecular weight excluding hydrogens is 415 g/mol. The first-order valence-electron chi connectivity index (χ1n) is 8.16. The van der Waals surface area contributed by atoms with Gasteiger partial charge in [0, 0.05) is 12.3 Å². The third-order valence-corrected chi connectivity index (χ3v) is 3.92. The number of carbonyl (C=O) groups is 1. The number of anilines is 1. The maximum atomic E-state index is 14.3. The Morgan fingerprint density at radius 1 is 1.13 bits per heavy atom. The van der Waals surface area contributed by atoms with Crippen molar-refractivity contribution in [1.29, 1.82) is 0 Å². The van der Waals surface area contributed by atoms with Gasteiger partial charge in [0.05, 0.1) is 28.2 Å². The van der Waals surface area contributed by atoms with Crippen LogP contribution >= 0.6 is 0 Å². The molecule has 0 spiro atoms. The van der Waals surface area contributed by atoms with Crippen LogP contribution in [0.1, 0.15) is 15.9 Å². The maximum Gasteiger partial charge on any atom is 0.417 e. The van der Waals surface area contributed by atoms with Gasteiger partial charge in [0.2, 0.25) is 0 Å². The molecule has 3 aromatic rings. The Bertz CT molecular complexity index is 1100. The van der Waals surface area contributed by atoms with Crippen LogP contribution < -0.4 is 5.32 Å². The molecule has 0 aliphatic carbocycles. The summed E-state index contributed by atoms with van der Waals surface area (Å²) in [7, 11) is 1.01. The minimum atomic E-state index is -4.75. The Morgan fingerprint density at radius 3 is 2.37 bits per heavy atom.